The fraction of sp³-hybridized carbons (Fsp3) is 0.556. The van der Waals surface area contributed by atoms with Gasteiger partial charge in [-0.2, -0.15) is 0 Å². The molecule has 0 radical (unpaired) electrons. The highest BCUT2D eigenvalue weighted by atomic mass is 35.5. The fourth-order valence-electron chi connectivity index (χ4n) is 5.31. The molecule has 10 heteroatoms. The molecule has 3 aliphatic rings. The summed E-state index contributed by atoms with van der Waals surface area (Å²) in [6, 6.07) is 1.38. The molecule has 1 unspecified atom stereocenters. The Hall–Kier alpha value is -2.91. The molecule has 9 nitrogen and oxygen atoms in total. The number of ether oxygens (including phenoxy) is 4. The Morgan fingerprint density at radius 2 is 2.00 bits per heavy atom. The van der Waals surface area contributed by atoms with Crippen LogP contribution in [-0.4, -0.2) is 62.3 Å². The van der Waals surface area contributed by atoms with E-state index < -0.39 is 23.1 Å². The monoisotopic (exact) mass is 533 g/mol. The summed E-state index contributed by atoms with van der Waals surface area (Å²) >= 11 is 6.61. The highest BCUT2D eigenvalue weighted by molar-refractivity contribution is 6.37. The molecule has 1 fully saturated rings. The Labute approximate surface area is 220 Å². The van der Waals surface area contributed by atoms with Gasteiger partial charge in [0.05, 0.1) is 31.9 Å². The summed E-state index contributed by atoms with van der Waals surface area (Å²) in [5.74, 6) is -2.06. The third kappa shape index (κ3) is 4.86. The topological polar surface area (TPSA) is 117 Å². The van der Waals surface area contributed by atoms with Crippen LogP contribution in [-0.2, 0) is 19.1 Å². The maximum Gasteiger partial charge on any atom is 0.231 e. The third-order valence-electron chi connectivity index (χ3n) is 7.37. The molecule has 1 aromatic carbocycles. The molecule has 0 saturated carbocycles. The van der Waals surface area contributed by atoms with Crippen LogP contribution >= 0.6 is 11.6 Å². The van der Waals surface area contributed by atoms with Gasteiger partial charge in [-0.3, -0.25) is 19.2 Å². The molecule has 200 valence electrons. The molecule has 1 N–H and O–H groups in total. The van der Waals surface area contributed by atoms with Gasteiger partial charge >= 0.3 is 0 Å². The molecular formula is C27H32ClNO8. The third-order valence-corrected chi connectivity index (χ3v) is 7.75. The van der Waals surface area contributed by atoms with Crippen LogP contribution in [0.4, 0.5) is 0 Å². The molecule has 2 heterocycles. The molecule has 1 aromatic rings. The molecule has 4 atom stereocenters. The number of carbonyl (C=O) groups is 4. The van der Waals surface area contributed by atoms with Crippen LogP contribution in [0.3, 0.4) is 0 Å². The van der Waals surface area contributed by atoms with E-state index in [0.29, 0.717) is 13.0 Å². The molecule has 1 aliphatic carbocycles. The summed E-state index contributed by atoms with van der Waals surface area (Å²) < 4.78 is 22.7. The van der Waals surface area contributed by atoms with Crippen LogP contribution in [0, 0.1) is 11.8 Å². The molecule has 37 heavy (non-hydrogen) atoms. The number of amides is 1. The normalized spacial score (nSPS) is 25.7. The van der Waals surface area contributed by atoms with E-state index in [0.717, 1.165) is 19.3 Å². The zero-order valence-electron chi connectivity index (χ0n) is 21.5. The number of halogens is 1. The lowest BCUT2D eigenvalue weighted by Gasteiger charge is -2.36. The Bertz CT molecular complexity index is 1160. The van der Waals surface area contributed by atoms with Gasteiger partial charge in [-0.1, -0.05) is 25.4 Å². The number of methoxy groups -OCH3 is 2. The van der Waals surface area contributed by atoms with Gasteiger partial charge in [0.2, 0.25) is 17.3 Å². The smallest absolute Gasteiger partial charge is 0.231 e. The quantitative estimate of drug-likeness (QED) is 0.503. The van der Waals surface area contributed by atoms with Crippen molar-refractivity contribution >= 4 is 34.9 Å². The van der Waals surface area contributed by atoms with E-state index >= 15 is 0 Å². The first-order valence-corrected chi connectivity index (χ1v) is 12.9. The van der Waals surface area contributed by atoms with Gasteiger partial charge in [0.25, 0.3) is 0 Å². The van der Waals surface area contributed by atoms with E-state index in [1.54, 1.807) is 13.8 Å². The fourth-order valence-corrected chi connectivity index (χ4v) is 5.60. The Morgan fingerprint density at radius 1 is 1.24 bits per heavy atom. The van der Waals surface area contributed by atoms with Crippen LogP contribution in [0.2, 0.25) is 5.02 Å². The number of ketones is 3. The van der Waals surface area contributed by atoms with Crippen molar-refractivity contribution in [2.24, 2.45) is 11.8 Å². The van der Waals surface area contributed by atoms with E-state index in [1.807, 2.05) is 0 Å². The van der Waals surface area contributed by atoms with Crippen molar-refractivity contribution in [1.29, 1.82) is 0 Å². The average Bonchev–Trinajstić information content (AvgIpc) is 3.20. The van der Waals surface area contributed by atoms with E-state index in [2.05, 4.69) is 5.32 Å². The number of fused-ring (bicyclic) bond motifs is 1. The maximum absolute atomic E-state index is 13.7. The van der Waals surface area contributed by atoms with Crippen molar-refractivity contribution in [3.8, 4) is 11.5 Å². The number of rotatable bonds is 8. The molecule has 0 bridgehead atoms. The minimum atomic E-state index is -1.59. The molecule has 1 spiro atoms. The van der Waals surface area contributed by atoms with Crippen LogP contribution in [0.25, 0.3) is 0 Å². The van der Waals surface area contributed by atoms with Gasteiger partial charge in [-0.15, -0.1) is 0 Å². The lowest BCUT2D eigenvalue weighted by Crippen LogP contribution is -2.51. The van der Waals surface area contributed by atoms with Crippen molar-refractivity contribution in [1.82, 2.24) is 5.32 Å². The SMILES string of the molecule is COC1=CC(=O)C[C@@H](C)[C@]12Oc1c(Cl)c(C(=O)CNC(=O)[C@H](C)CC3CCCCO3)cc(OC)c1C2=O. The van der Waals surface area contributed by atoms with Crippen LogP contribution in [0.5, 0.6) is 11.5 Å². The molecule has 1 amide bonds. The molecule has 0 aromatic heterocycles. The Morgan fingerprint density at radius 3 is 2.65 bits per heavy atom. The number of carbonyl (C=O) groups excluding carboxylic acids is 4. The minimum absolute atomic E-state index is 0.00680. The van der Waals surface area contributed by atoms with Gasteiger partial charge in [-0.25, -0.2) is 0 Å². The largest absolute Gasteiger partial charge is 0.496 e. The van der Waals surface area contributed by atoms with Gasteiger partial charge in [0.1, 0.15) is 11.3 Å². The lowest BCUT2D eigenvalue weighted by molar-refractivity contribution is -0.126. The van der Waals surface area contributed by atoms with E-state index in [1.165, 1.54) is 26.4 Å². The second-order valence-electron chi connectivity index (χ2n) is 9.86. The zero-order chi connectivity index (χ0) is 26.9. The van der Waals surface area contributed by atoms with E-state index in [-0.39, 0.29) is 70.1 Å². The van der Waals surface area contributed by atoms with Crippen LogP contribution in [0.1, 0.15) is 66.7 Å². The minimum Gasteiger partial charge on any atom is -0.496 e. The summed E-state index contributed by atoms with van der Waals surface area (Å²) in [5, 5.41) is 2.61. The van der Waals surface area contributed by atoms with E-state index in [9.17, 15) is 19.2 Å². The first-order valence-electron chi connectivity index (χ1n) is 12.5. The average molecular weight is 534 g/mol. The summed E-state index contributed by atoms with van der Waals surface area (Å²) in [6.07, 6.45) is 5.01. The molecular weight excluding hydrogens is 502 g/mol. The maximum atomic E-state index is 13.7. The first kappa shape index (κ1) is 27.1. The molecule has 2 aliphatic heterocycles. The van der Waals surface area contributed by atoms with Crippen molar-refractivity contribution < 1.29 is 38.1 Å². The summed E-state index contributed by atoms with van der Waals surface area (Å²) in [6.45, 7) is 3.94. The Balaban J connectivity index is 1.55. The van der Waals surface area contributed by atoms with Crippen molar-refractivity contribution in [2.75, 3.05) is 27.4 Å². The van der Waals surface area contributed by atoms with Gasteiger partial charge in [0, 0.05) is 36.5 Å². The van der Waals surface area contributed by atoms with Crippen molar-refractivity contribution in [3.05, 3.63) is 34.1 Å². The summed E-state index contributed by atoms with van der Waals surface area (Å²) in [7, 11) is 2.73. The van der Waals surface area contributed by atoms with E-state index in [4.69, 9.17) is 30.5 Å². The van der Waals surface area contributed by atoms with Crippen LogP contribution in [0.15, 0.2) is 17.9 Å². The predicted molar refractivity (Wildman–Crippen MR) is 134 cm³/mol. The van der Waals surface area contributed by atoms with Gasteiger partial charge < -0.3 is 24.3 Å². The molecule has 1 saturated heterocycles. The number of allylic oxidation sites excluding steroid dienone is 1. The Kier molecular flexibility index (Phi) is 7.94. The highest BCUT2D eigenvalue weighted by Crippen LogP contribution is 2.53. The number of benzene rings is 1. The zero-order valence-corrected chi connectivity index (χ0v) is 22.2. The predicted octanol–water partition coefficient (Wildman–Crippen LogP) is 3.70. The van der Waals surface area contributed by atoms with Crippen LogP contribution < -0.4 is 14.8 Å². The molecule has 4 rings (SSSR count). The number of nitrogens with one attached hydrogen (secondary N) is 1. The number of hydrogen-bond donors (Lipinski definition) is 1. The van der Waals surface area contributed by atoms with Crippen molar-refractivity contribution in [3.63, 3.8) is 0 Å². The summed E-state index contributed by atoms with van der Waals surface area (Å²) in [5.41, 5.74) is -1.46. The highest BCUT2D eigenvalue weighted by Gasteiger charge is 2.59. The number of Topliss-reactive ketones (excluding diaryl/α,β-unsaturated/α-hetero) is 2. The van der Waals surface area contributed by atoms with Gasteiger partial charge in [-0.05, 0) is 31.7 Å². The second-order valence-corrected chi connectivity index (χ2v) is 10.2. The first-order chi connectivity index (χ1) is 17.6. The lowest BCUT2D eigenvalue weighted by atomic mass is 9.75. The van der Waals surface area contributed by atoms with Crippen molar-refractivity contribution in [2.45, 2.75) is 57.7 Å². The second kappa shape index (κ2) is 10.8. The summed E-state index contributed by atoms with van der Waals surface area (Å²) in [4.78, 5) is 51.6. The standard InChI is InChI=1S/C27H32ClNO8/c1-14(9-17-7-5-6-8-36-17)26(33)29-13-19(31)18-12-20(34-3)22-24(23(18)28)37-27(25(22)32)15(2)10-16(30)11-21(27)35-4/h11-12,14-15,17H,5-10,13H2,1-4H3,(H,29,33)/t14-,15-,17?,27+/m1/s1. The van der Waals surface area contributed by atoms with Gasteiger partial charge in [0.15, 0.2) is 23.1 Å². The number of hydrogen-bond acceptors (Lipinski definition) is 8.